The second kappa shape index (κ2) is 17.7. The zero-order chi connectivity index (χ0) is 32.1. The van der Waals surface area contributed by atoms with Crippen molar-refractivity contribution in [1.82, 2.24) is 5.32 Å². The highest BCUT2D eigenvalue weighted by molar-refractivity contribution is 6.12. The fourth-order valence-electron chi connectivity index (χ4n) is 4.22. The van der Waals surface area contributed by atoms with E-state index in [0.29, 0.717) is 35.4 Å². The lowest BCUT2D eigenvalue weighted by atomic mass is 10.0. The van der Waals surface area contributed by atoms with Gasteiger partial charge in [0.2, 0.25) is 5.78 Å². The Morgan fingerprint density at radius 2 is 1.47 bits per heavy atom. The van der Waals surface area contributed by atoms with E-state index in [2.05, 4.69) is 5.32 Å². The molecule has 4 rings (SSSR count). The largest absolute Gasteiger partial charge is 0.507 e. The number of carbonyl (C=O) groups excluding carboxylic acids is 2. The second-order valence-electron chi connectivity index (χ2n) is 9.68. The number of phenolic OH excluding ortho intramolecular Hbond substituents is 1. The first kappa shape index (κ1) is 36.7. The highest BCUT2D eigenvalue weighted by atomic mass is 35.5. The van der Waals surface area contributed by atoms with E-state index in [0.717, 1.165) is 12.1 Å². The fraction of sp³-hybridized carbons (Fsp3) is 0.235. The van der Waals surface area contributed by atoms with Crippen molar-refractivity contribution in [1.29, 1.82) is 0 Å². The number of alkyl halides is 3. The van der Waals surface area contributed by atoms with Gasteiger partial charge in [-0.15, -0.1) is 12.4 Å². The Bertz CT molecular complexity index is 1520. The minimum atomic E-state index is -4.34. The van der Waals surface area contributed by atoms with Crippen molar-refractivity contribution in [3.8, 4) is 17.2 Å². The monoisotopic (exact) mass is 645 g/mol. The first-order valence-electron chi connectivity index (χ1n) is 13.7. The SMILES string of the molecule is CC(Cc1cccc(C(F)(F)F)c1)NCCOC(=O)c1ccccc1.COc1cc(O)c(C(=O)c2ccccc2)c(OC)c1.Cl. The molecule has 0 fully saturated rings. The van der Waals surface area contributed by atoms with Gasteiger partial charge in [0.15, 0.2) is 0 Å². The summed E-state index contributed by atoms with van der Waals surface area (Å²) in [4.78, 5) is 24.1. The minimum absolute atomic E-state index is 0. The molecule has 7 nitrogen and oxygen atoms in total. The van der Waals surface area contributed by atoms with E-state index >= 15 is 0 Å². The van der Waals surface area contributed by atoms with Crippen molar-refractivity contribution in [2.45, 2.75) is 25.6 Å². The molecule has 0 saturated carbocycles. The van der Waals surface area contributed by atoms with Crippen molar-refractivity contribution < 1.29 is 42.1 Å². The molecule has 0 spiro atoms. The van der Waals surface area contributed by atoms with Gasteiger partial charge in [0.05, 0.1) is 25.3 Å². The molecule has 0 amide bonds. The quantitative estimate of drug-likeness (QED) is 0.102. The summed E-state index contributed by atoms with van der Waals surface area (Å²) in [5.41, 5.74) is 1.07. The number of ketones is 1. The van der Waals surface area contributed by atoms with Crippen LogP contribution >= 0.6 is 12.4 Å². The van der Waals surface area contributed by atoms with Gasteiger partial charge in [-0.05, 0) is 37.1 Å². The summed E-state index contributed by atoms with van der Waals surface area (Å²) < 4.78 is 53.4. The van der Waals surface area contributed by atoms with Gasteiger partial charge in [0.1, 0.15) is 29.4 Å². The minimum Gasteiger partial charge on any atom is -0.507 e. The summed E-state index contributed by atoms with van der Waals surface area (Å²) >= 11 is 0. The number of hydrogen-bond donors (Lipinski definition) is 2. The molecule has 0 heterocycles. The number of nitrogens with one attached hydrogen (secondary N) is 1. The molecule has 0 aliphatic carbocycles. The molecule has 11 heteroatoms. The van der Waals surface area contributed by atoms with Gasteiger partial charge in [0.25, 0.3) is 0 Å². The molecule has 45 heavy (non-hydrogen) atoms. The van der Waals surface area contributed by atoms with Crippen LogP contribution in [0.3, 0.4) is 0 Å². The van der Waals surface area contributed by atoms with Gasteiger partial charge in [0, 0.05) is 30.3 Å². The molecule has 0 bridgehead atoms. The predicted octanol–water partition coefficient (Wildman–Crippen LogP) is 7.15. The topological polar surface area (TPSA) is 94.1 Å². The molecule has 4 aromatic carbocycles. The number of aromatic hydroxyl groups is 1. The van der Waals surface area contributed by atoms with Crippen LogP contribution in [-0.2, 0) is 17.3 Å². The number of benzene rings is 4. The van der Waals surface area contributed by atoms with Crippen molar-refractivity contribution in [3.63, 3.8) is 0 Å². The Hall–Kier alpha value is -4.54. The average molecular weight is 646 g/mol. The second-order valence-corrected chi connectivity index (χ2v) is 9.68. The molecule has 0 saturated heterocycles. The van der Waals surface area contributed by atoms with E-state index in [9.17, 15) is 27.9 Å². The normalized spacial score (nSPS) is 11.2. The fourth-order valence-corrected chi connectivity index (χ4v) is 4.22. The lowest BCUT2D eigenvalue weighted by Gasteiger charge is -2.15. The Labute approximate surface area is 266 Å². The molecule has 0 aliphatic rings. The molecule has 0 radical (unpaired) electrons. The molecule has 1 atom stereocenters. The van der Waals surface area contributed by atoms with Crippen molar-refractivity contribution in [3.05, 3.63) is 125 Å². The van der Waals surface area contributed by atoms with Crippen LogP contribution in [0.1, 0.15) is 44.3 Å². The number of halogens is 4. The van der Waals surface area contributed by atoms with Gasteiger partial charge < -0.3 is 24.6 Å². The van der Waals surface area contributed by atoms with E-state index in [1.165, 1.54) is 26.4 Å². The lowest BCUT2D eigenvalue weighted by Crippen LogP contribution is -2.31. The molecular formula is C34H35ClF3NO6. The third-order valence-corrected chi connectivity index (χ3v) is 6.41. The summed E-state index contributed by atoms with van der Waals surface area (Å²) in [6, 6.07) is 25.6. The van der Waals surface area contributed by atoms with E-state index in [-0.39, 0.29) is 47.9 Å². The van der Waals surface area contributed by atoms with Crippen LogP contribution in [0.25, 0.3) is 0 Å². The van der Waals surface area contributed by atoms with Crippen LogP contribution in [0.2, 0.25) is 0 Å². The number of rotatable bonds is 11. The first-order chi connectivity index (χ1) is 21.0. The highest BCUT2D eigenvalue weighted by Crippen LogP contribution is 2.35. The zero-order valence-electron chi connectivity index (χ0n) is 25.0. The summed E-state index contributed by atoms with van der Waals surface area (Å²) in [7, 11) is 2.92. The average Bonchev–Trinajstić information content (AvgIpc) is 3.03. The summed E-state index contributed by atoms with van der Waals surface area (Å²) in [5, 5.41) is 13.1. The standard InChI is InChI=1S/C19H20F3NO2.C15H14O4.ClH/c1-14(12-15-6-5-9-17(13-15)19(20,21)22)23-10-11-25-18(24)16-7-3-2-4-8-16;1-18-11-8-12(16)14(13(9-11)19-2)15(17)10-6-4-3-5-7-10;/h2-9,13-14,23H,10-12H2,1H3;3-9,16H,1-2H3;1H. The lowest BCUT2D eigenvalue weighted by molar-refractivity contribution is -0.137. The Morgan fingerprint density at radius 3 is 2.04 bits per heavy atom. The Balaban J connectivity index is 0.000000317. The van der Waals surface area contributed by atoms with Gasteiger partial charge in [-0.3, -0.25) is 4.79 Å². The maximum atomic E-state index is 12.7. The third-order valence-electron chi connectivity index (χ3n) is 6.41. The molecule has 0 aromatic heterocycles. The van der Waals surface area contributed by atoms with Crippen molar-refractivity contribution >= 4 is 24.2 Å². The Kier molecular flexibility index (Phi) is 14.4. The summed E-state index contributed by atoms with van der Waals surface area (Å²) in [5.74, 6) is -0.139. The third kappa shape index (κ3) is 11.2. The van der Waals surface area contributed by atoms with E-state index in [1.807, 2.05) is 19.1 Å². The smallest absolute Gasteiger partial charge is 0.416 e. The van der Waals surface area contributed by atoms with Crippen molar-refractivity contribution in [2.24, 2.45) is 0 Å². The van der Waals surface area contributed by atoms with Gasteiger partial charge in [-0.25, -0.2) is 4.79 Å². The van der Waals surface area contributed by atoms with Crippen LogP contribution in [-0.4, -0.2) is 50.3 Å². The van der Waals surface area contributed by atoms with E-state index < -0.39 is 17.7 Å². The van der Waals surface area contributed by atoms with Gasteiger partial charge in [-0.1, -0.05) is 66.7 Å². The highest BCUT2D eigenvalue weighted by Gasteiger charge is 2.30. The number of ether oxygens (including phenoxy) is 3. The summed E-state index contributed by atoms with van der Waals surface area (Å²) in [6.07, 6.45) is -3.88. The van der Waals surface area contributed by atoms with Crippen LogP contribution in [0.5, 0.6) is 17.2 Å². The van der Waals surface area contributed by atoms with Gasteiger partial charge in [-0.2, -0.15) is 13.2 Å². The predicted molar refractivity (Wildman–Crippen MR) is 168 cm³/mol. The number of esters is 1. The Morgan fingerprint density at radius 1 is 0.844 bits per heavy atom. The molecule has 4 aromatic rings. The van der Waals surface area contributed by atoms with Crippen molar-refractivity contribution in [2.75, 3.05) is 27.4 Å². The zero-order valence-corrected chi connectivity index (χ0v) is 25.8. The summed E-state index contributed by atoms with van der Waals surface area (Å²) in [6.45, 7) is 2.50. The maximum absolute atomic E-state index is 12.7. The van der Waals surface area contributed by atoms with Crippen LogP contribution < -0.4 is 14.8 Å². The number of methoxy groups -OCH3 is 2. The van der Waals surface area contributed by atoms with Crippen LogP contribution in [0.4, 0.5) is 13.2 Å². The maximum Gasteiger partial charge on any atom is 0.416 e. The molecule has 1 unspecified atom stereocenters. The first-order valence-corrected chi connectivity index (χ1v) is 13.7. The molecule has 240 valence electrons. The van der Waals surface area contributed by atoms with Crippen LogP contribution in [0.15, 0.2) is 97.1 Å². The van der Waals surface area contributed by atoms with E-state index in [4.69, 9.17) is 14.2 Å². The van der Waals surface area contributed by atoms with Crippen LogP contribution in [0, 0.1) is 0 Å². The molecular weight excluding hydrogens is 611 g/mol. The molecule has 0 aliphatic heterocycles. The molecule has 2 N–H and O–H groups in total. The van der Waals surface area contributed by atoms with Gasteiger partial charge >= 0.3 is 12.1 Å². The number of carbonyl (C=O) groups is 2. The number of hydrogen-bond acceptors (Lipinski definition) is 7. The number of phenols is 1. The van der Waals surface area contributed by atoms with E-state index in [1.54, 1.807) is 60.7 Å².